The maximum absolute atomic E-state index is 12.3. The number of fused-ring (bicyclic) bond motifs is 1. The van der Waals surface area contributed by atoms with Crippen molar-refractivity contribution in [3.8, 4) is 17.2 Å². The van der Waals surface area contributed by atoms with Gasteiger partial charge in [0.1, 0.15) is 22.9 Å². The lowest BCUT2D eigenvalue weighted by atomic mass is 10.3. The summed E-state index contributed by atoms with van der Waals surface area (Å²) in [4.78, 5) is 20.3. The van der Waals surface area contributed by atoms with Gasteiger partial charge in [-0.3, -0.25) is 9.78 Å². The largest absolute Gasteiger partial charge is 0.573 e. The van der Waals surface area contributed by atoms with Gasteiger partial charge in [0, 0.05) is 38.1 Å². The third-order valence-corrected chi connectivity index (χ3v) is 4.62. The van der Waals surface area contributed by atoms with Gasteiger partial charge in [0.25, 0.3) is 5.91 Å². The third kappa shape index (κ3) is 5.14. The standard InChI is InChI=1S/C22H18F3N5O3/c1-26-20(31)18-12-16(9-10-27-18)32-15-7-8-19-17(11-15)29-21(30(19)2)28-13-3-5-14(6-4-13)33-22(23,24)25/h3-12H,1-2H3,(H,26,31)(H,28,29). The number of hydrogen-bond donors (Lipinski definition) is 2. The van der Waals surface area contributed by atoms with Crippen LogP contribution in [-0.2, 0) is 7.05 Å². The molecule has 0 spiro atoms. The number of aromatic nitrogens is 3. The number of imidazole rings is 1. The van der Waals surface area contributed by atoms with Crippen LogP contribution in [0.1, 0.15) is 10.5 Å². The van der Waals surface area contributed by atoms with Crippen LogP contribution in [0.25, 0.3) is 11.0 Å². The number of nitrogens with zero attached hydrogens (tertiary/aromatic N) is 3. The number of pyridine rings is 1. The summed E-state index contributed by atoms with van der Waals surface area (Å²) in [6, 6.07) is 13.8. The zero-order valence-electron chi connectivity index (χ0n) is 17.5. The van der Waals surface area contributed by atoms with Gasteiger partial charge in [-0.1, -0.05) is 0 Å². The maximum atomic E-state index is 12.3. The molecule has 0 saturated carbocycles. The highest BCUT2D eigenvalue weighted by molar-refractivity contribution is 5.92. The molecule has 1 amide bonds. The summed E-state index contributed by atoms with van der Waals surface area (Å²) >= 11 is 0. The molecule has 0 aliphatic rings. The summed E-state index contributed by atoms with van der Waals surface area (Å²) in [5.41, 5.74) is 2.21. The summed E-state index contributed by atoms with van der Waals surface area (Å²) in [6.07, 6.45) is -3.27. The Bertz CT molecular complexity index is 1300. The number of benzene rings is 2. The number of carbonyl (C=O) groups excluding carboxylic acids is 1. The van der Waals surface area contributed by atoms with Gasteiger partial charge in [-0.2, -0.15) is 0 Å². The number of amides is 1. The predicted octanol–water partition coefficient (Wildman–Crippen LogP) is 4.76. The fourth-order valence-corrected chi connectivity index (χ4v) is 3.09. The molecule has 0 saturated heterocycles. The summed E-state index contributed by atoms with van der Waals surface area (Å²) < 4.78 is 48.5. The van der Waals surface area contributed by atoms with Crippen LogP contribution in [0.2, 0.25) is 0 Å². The van der Waals surface area contributed by atoms with E-state index in [9.17, 15) is 18.0 Å². The quantitative estimate of drug-likeness (QED) is 0.434. The van der Waals surface area contributed by atoms with Gasteiger partial charge in [0.2, 0.25) is 5.95 Å². The number of nitrogens with one attached hydrogen (secondary N) is 2. The van der Waals surface area contributed by atoms with Crippen molar-refractivity contribution in [2.45, 2.75) is 6.36 Å². The van der Waals surface area contributed by atoms with Crippen LogP contribution in [0, 0.1) is 0 Å². The zero-order chi connectivity index (χ0) is 23.6. The zero-order valence-corrected chi connectivity index (χ0v) is 17.5. The Balaban J connectivity index is 1.53. The molecular formula is C22H18F3N5O3. The number of halogens is 3. The van der Waals surface area contributed by atoms with Crippen molar-refractivity contribution < 1.29 is 27.4 Å². The Hall–Kier alpha value is -4.28. The van der Waals surface area contributed by atoms with Crippen LogP contribution in [0.5, 0.6) is 17.2 Å². The molecule has 11 heteroatoms. The minimum Gasteiger partial charge on any atom is -0.457 e. The Morgan fingerprint density at radius 1 is 1.00 bits per heavy atom. The highest BCUT2D eigenvalue weighted by atomic mass is 19.4. The topological polar surface area (TPSA) is 90.3 Å². The smallest absolute Gasteiger partial charge is 0.457 e. The molecule has 2 aromatic carbocycles. The van der Waals surface area contributed by atoms with E-state index in [2.05, 4.69) is 25.3 Å². The maximum Gasteiger partial charge on any atom is 0.573 e. The van der Waals surface area contributed by atoms with Crippen molar-refractivity contribution in [3.63, 3.8) is 0 Å². The van der Waals surface area contributed by atoms with E-state index in [-0.39, 0.29) is 17.4 Å². The highest BCUT2D eigenvalue weighted by Crippen LogP contribution is 2.29. The van der Waals surface area contributed by atoms with E-state index in [0.717, 1.165) is 5.52 Å². The first-order valence-electron chi connectivity index (χ1n) is 9.67. The highest BCUT2D eigenvalue weighted by Gasteiger charge is 2.31. The Morgan fingerprint density at radius 3 is 2.39 bits per heavy atom. The lowest BCUT2D eigenvalue weighted by Gasteiger charge is -2.10. The van der Waals surface area contributed by atoms with Crippen LogP contribution in [-0.4, -0.2) is 33.9 Å². The average molecular weight is 457 g/mol. The number of alkyl halides is 3. The molecular weight excluding hydrogens is 439 g/mol. The van der Waals surface area contributed by atoms with E-state index in [1.807, 2.05) is 6.07 Å². The number of anilines is 2. The van der Waals surface area contributed by atoms with Gasteiger partial charge in [-0.15, -0.1) is 13.2 Å². The van der Waals surface area contributed by atoms with E-state index in [1.165, 1.54) is 43.6 Å². The van der Waals surface area contributed by atoms with Crippen molar-refractivity contribution in [1.29, 1.82) is 0 Å². The molecule has 0 bridgehead atoms. The van der Waals surface area contributed by atoms with Crippen LogP contribution in [0.4, 0.5) is 24.8 Å². The molecule has 0 unspecified atom stereocenters. The number of rotatable bonds is 6. The Labute approximate surface area is 186 Å². The average Bonchev–Trinajstić information content (AvgIpc) is 3.08. The molecule has 0 aliphatic carbocycles. The second kappa shape index (κ2) is 8.69. The van der Waals surface area contributed by atoms with Crippen molar-refractivity contribution in [1.82, 2.24) is 19.9 Å². The van der Waals surface area contributed by atoms with Gasteiger partial charge in [-0.05, 0) is 42.5 Å². The Morgan fingerprint density at radius 2 is 1.70 bits per heavy atom. The van der Waals surface area contributed by atoms with Crippen LogP contribution in [0.3, 0.4) is 0 Å². The van der Waals surface area contributed by atoms with Crippen LogP contribution in [0.15, 0.2) is 60.8 Å². The molecule has 0 aliphatic heterocycles. The normalized spacial score (nSPS) is 11.3. The molecule has 0 fully saturated rings. The van der Waals surface area contributed by atoms with Crippen molar-refractivity contribution >= 4 is 28.6 Å². The fraction of sp³-hybridized carbons (Fsp3) is 0.136. The van der Waals surface area contributed by atoms with Crippen molar-refractivity contribution in [3.05, 3.63) is 66.5 Å². The SMILES string of the molecule is CNC(=O)c1cc(Oc2ccc3c(c2)nc(Nc2ccc(OC(F)(F)F)cc2)n3C)ccn1. The van der Waals surface area contributed by atoms with Crippen molar-refractivity contribution in [2.75, 3.05) is 12.4 Å². The summed E-state index contributed by atoms with van der Waals surface area (Å²) in [6.45, 7) is 0. The molecule has 0 atom stereocenters. The predicted molar refractivity (Wildman–Crippen MR) is 115 cm³/mol. The number of ether oxygens (including phenoxy) is 2. The summed E-state index contributed by atoms with van der Waals surface area (Å²) in [7, 11) is 3.32. The second-order valence-corrected chi connectivity index (χ2v) is 6.90. The van der Waals surface area contributed by atoms with Gasteiger partial charge in [0.15, 0.2) is 0 Å². The lowest BCUT2D eigenvalue weighted by molar-refractivity contribution is -0.274. The number of aryl methyl sites for hydroxylation is 1. The summed E-state index contributed by atoms with van der Waals surface area (Å²) in [5.74, 6) is 0.801. The molecule has 0 radical (unpaired) electrons. The van der Waals surface area contributed by atoms with E-state index in [0.29, 0.717) is 28.7 Å². The molecule has 2 N–H and O–H groups in total. The minimum absolute atomic E-state index is 0.229. The molecule has 2 heterocycles. The number of carbonyl (C=O) groups is 1. The molecule has 4 aromatic rings. The lowest BCUT2D eigenvalue weighted by Crippen LogP contribution is -2.18. The van der Waals surface area contributed by atoms with Crippen LogP contribution >= 0.6 is 0 Å². The Kier molecular flexibility index (Phi) is 5.78. The summed E-state index contributed by atoms with van der Waals surface area (Å²) in [5, 5.41) is 5.57. The molecule has 8 nitrogen and oxygen atoms in total. The van der Waals surface area contributed by atoms with E-state index in [4.69, 9.17) is 4.74 Å². The van der Waals surface area contributed by atoms with Crippen molar-refractivity contribution in [2.24, 2.45) is 7.05 Å². The second-order valence-electron chi connectivity index (χ2n) is 6.90. The third-order valence-electron chi connectivity index (χ3n) is 4.62. The van der Waals surface area contributed by atoms with Gasteiger partial charge < -0.3 is 24.7 Å². The fourth-order valence-electron chi connectivity index (χ4n) is 3.09. The van der Waals surface area contributed by atoms with Gasteiger partial charge in [0.05, 0.1) is 11.0 Å². The first-order valence-corrected chi connectivity index (χ1v) is 9.67. The van der Waals surface area contributed by atoms with Gasteiger partial charge in [-0.25, -0.2) is 4.98 Å². The molecule has 170 valence electrons. The molecule has 4 rings (SSSR count). The van der Waals surface area contributed by atoms with E-state index in [1.54, 1.807) is 29.8 Å². The van der Waals surface area contributed by atoms with Gasteiger partial charge >= 0.3 is 6.36 Å². The van der Waals surface area contributed by atoms with Crippen LogP contribution < -0.4 is 20.1 Å². The first kappa shape index (κ1) is 21.9. The first-order chi connectivity index (χ1) is 15.7. The monoisotopic (exact) mass is 457 g/mol. The molecule has 33 heavy (non-hydrogen) atoms. The number of hydrogen-bond acceptors (Lipinski definition) is 6. The van der Waals surface area contributed by atoms with E-state index < -0.39 is 6.36 Å². The van der Waals surface area contributed by atoms with E-state index >= 15 is 0 Å². The molecule has 2 aromatic heterocycles. The minimum atomic E-state index is -4.74.